The van der Waals surface area contributed by atoms with Gasteiger partial charge in [0.15, 0.2) is 0 Å². The van der Waals surface area contributed by atoms with E-state index in [0.29, 0.717) is 18.7 Å². The van der Waals surface area contributed by atoms with Gasteiger partial charge in [-0.2, -0.15) is 0 Å². The van der Waals surface area contributed by atoms with Gasteiger partial charge in [0.2, 0.25) is 0 Å². The number of aromatic nitrogens is 3. The van der Waals surface area contributed by atoms with Crippen molar-refractivity contribution >= 4 is 16.9 Å². The predicted octanol–water partition coefficient (Wildman–Crippen LogP) is 5.26. The third-order valence-corrected chi connectivity index (χ3v) is 7.19. The maximum atomic E-state index is 13.4. The van der Waals surface area contributed by atoms with Crippen LogP contribution in [0.1, 0.15) is 15.9 Å². The summed E-state index contributed by atoms with van der Waals surface area (Å²) < 4.78 is 5.59. The molecule has 2 aromatic carbocycles. The van der Waals surface area contributed by atoms with Gasteiger partial charge in [0.25, 0.3) is 5.91 Å². The first-order chi connectivity index (χ1) is 18.7. The van der Waals surface area contributed by atoms with Crippen LogP contribution < -0.4 is 4.74 Å². The average molecular weight is 504 g/mol. The molecule has 1 fully saturated rings. The van der Waals surface area contributed by atoms with E-state index in [1.165, 1.54) is 5.56 Å². The number of para-hydroxylation sites is 1. The molecule has 0 spiro atoms. The van der Waals surface area contributed by atoms with Crippen LogP contribution in [0, 0.1) is 0 Å². The summed E-state index contributed by atoms with van der Waals surface area (Å²) in [6.45, 7) is 4.02. The fourth-order valence-electron chi connectivity index (χ4n) is 5.12. The number of fused-ring (bicyclic) bond motifs is 1. The minimum atomic E-state index is 0.0702. The van der Waals surface area contributed by atoms with Crippen LogP contribution in [0.15, 0.2) is 91.5 Å². The van der Waals surface area contributed by atoms with Gasteiger partial charge in [-0.05, 0) is 47.5 Å². The van der Waals surface area contributed by atoms with Crippen molar-refractivity contribution in [1.82, 2.24) is 24.8 Å². The van der Waals surface area contributed by atoms with Crippen molar-refractivity contribution in [3.63, 3.8) is 0 Å². The number of rotatable bonds is 6. The van der Waals surface area contributed by atoms with Gasteiger partial charge >= 0.3 is 0 Å². The van der Waals surface area contributed by atoms with Crippen molar-refractivity contribution in [3.05, 3.63) is 103 Å². The Morgan fingerprint density at radius 2 is 1.74 bits per heavy atom. The number of ether oxygens (including phenoxy) is 1. The molecular formula is C31H29N5O2. The average Bonchev–Trinajstić information content (AvgIpc) is 3.41. The van der Waals surface area contributed by atoms with E-state index in [-0.39, 0.29) is 5.91 Å². The van der Waals surface area contributed by atoms with E-state index in [9.17, 15) is 4.79 Å². The Kier molecular flexibility index (Phi) is 6.58. The number of nitrogens with zero attached hydrogens (tertiary/aromatic N) is 4. The lowest BCUT2D eigenvalue weighted by molar-refractivity contribution is 0.0628. The Morgan fingerprint density at radius 1 is 0.921 bits per heavy atom. The summed E-state index contributed by atoms with van der Waals surface area (Å²) in [6.07, 6.45) is 7.47. The van der Waals surface area contributed by atoms with Gasteiger partial charge in [0.05, 0.1) is 7.11 Å². The highest BCUT2D eigenvalue weighted by atomic mass is 16.5. The molecule has 190 valence electrons. The van der Waals surface area contributed by atoms with Crippen molar-refractivity contribution in [2.75, 3.05) is 33.3 Å². The summed E-state index contributed by atoms with van der Waals surface area (Å²) in [5, 5.41) is 1.01. The molecule has 4 heterocycles. The second kappa shape index (κ2) is 10.5. The van der Waals surface area contributed by atoms with E-state index in [1.807, 2.05) is 90.4 Å². The molecule has 1 N–H and O–H groups in total. The van der Waals surface area contributed by atoms with E-state index >= 15 is 0 Å². The zero-order valence-electron chi connectivity index (χ0n) is 21.3. The quantitative estimate of drug-likeness (QED) is 0.342. The number of aromatic amines is 1. The molecule has 0 saturated carbocycles. The number of hydrogen-bond donors (Lipinski definition) is 1. The lowest BCUT2D eigenvalue weighted by Crippen LogP contribution is -2.48. The zero-order valence-corrected chi connectivity index (χ0v) is 21.3. The molecule has 1 saturated heterocycles. The molecular weight excluding hydrogens is 474 g/mol. The van der Waals surface area contributed by atoms with Crippen molar-refractivity contribution in [1.29, 1.82) is 0 Å². The molecule has 0 aliphatic carbocycles. The third-order valence-electron chi connectivity index (χ3n) is 7.19. The van der Waals surface area contributed by atoms with Crippen LogP contribution in [-0.4, -0.2) is 63.9 Å². The third kappa shape index (κ3) is 4.76. The van der Waals surface area contributed by atoms with Crippen LogP contribution in [0.4, 0.5) is 0 Å². The Balaban J connectivity index is 1.21. The molecule has 38 heavy (non-hydrogen) atoms. The highest BCUT2D eigenvalue weighted by Crippen LogP contribution is 2.36. The topological polar surface area (TPSA) is 74.3 Å². The van der Waals surface area contributed by atoms with Gasteiger partial charge in [0.1, 0.15) is 11.4 Å². The molecule has 1 aliphatic rings. The minimum absolute atomic E-state index is 0.0702. The Bertz CT molecular complexity index is 1570. The number of piperazine rings is 1. The van der Waals surface area contributed by atoms with Gasteiger partial charge in [0, 0.05) is 85.2 Å². The summed E-state index contributed by atoms with van der Waals surface area (Å²) in [6, 6.07) is 22.0. The minimum Gasteiger partial charge on any atom is -0.496 e. The first-order valence-corrected chi connectivity index (χ1v) is 12.8. The standard InChI is InChI=1S/C31H29N5O2/c1-38-29-8-3-2-7-26(29)28-20-34-30-27(28)18-25(19-33-30)23-5-4-6-24(17-23)31(37)36-15-13-35(14-16-36)21-22-9-11-32-12-10-22/h2-12,17-20H,13-16,21H2,1H3,(H,33,34). The van der Waals surface area contributed by atoms with Crippen LogP contribution in [0.3, 0.4) is 0 Å². The number of carbonyl (C=O) groups excluding carboxylic acids is 1. The van der Waals surface area contributed by atoms with Crippen LogP contribution in [0.2, 0.25) is 0 Å². The summed E-state index contributed by atoms with van der Waals surface area (Å²) >= 11 is 0. The second-order valence-corrected chi connectivity index (χ2v) is 9.53. The lowest BCUT2D eigenvalue weighted by atomic mass is 10.00. The van der Waals surface area contributed by atoms with Crippen LogP contribution in [-0.2, 0) is 6.54 Å². The molecule has 7 nitrogen and oxygen atoms in total. The second-order valence-electron chi connectivity index (χ2n) is 9.53. The van der Waals surface area contributed by atoms with Crippen LogP contribution in [0.5, 0.6) is 5.75 Å². The fraction of sp³-hybridized carbons (Fsp3) is 0.194. The van der Waals surface area contributed by atoms with Gasteiger partial charge in [-0.3, -0.25) is 14.7 Å². The summed E-state index contributed by atoms with van der Waals surface area (Å²) in [5.41, 5.74) is 6.72. The number of nitrogens with one attached hydrogen (secondary N) is 1. The van der Waals surface area contributed by atoms with Crippen LogP contribution in [0.25, 0.3) is 33.3 Å². The molecule has 0 radical (unpaired) electrons. The monoisotopic (exact) mass is 503 g/mol. The number of amides is 1. The summed E-state index contributed by atoms with van der Waals surface area (Å²) in [5.74, 6) is 0.882. The molecule has 7 heteroatoms. The number of benzene rings is 2. The number of hydrogen-bond acceptors (Lipinski definition) is 5. The maximum absolute atomic E-state index is 13.4. The van der Waals surface area contributed by atoms with Crippen molar-refractivity contribution in [2.45, 2.75) is 6.54 Å². The molecule has 1 aliphatic heterocycles. The fourth-order valence-corrected chi connectivity index (χ4v) is 5.12. The first kappa shape index (κ1) is 23.9. The van der Waals surface area contributed by atoms with Crippen molar-refractivity contribution < 1.29 is 9.53 Å². The smallest absolute Gasteiger partial charge is 0.253 e. The predicted molar refractivity (Wildman–Crippen MR) is 149 cm³/mol. The molecule has 6 rings (SSSR count). The van der Waals surface area contributed by atoms with Gasteiger partial charge in [-0.1, -0.05) is 30.3 Å². The molecule has 5 aromatic rings. The highest BCUT2D eigenvalue weighted by molar-refractivity contribution is 5.98. The normalized spacial score (nSPS) is 14.1. The van der Waals surface area contributed by atoms with E-state index in [2.05, 4.69) is 25.9 Å². The van der Waals surface area contributed by atoms with Crippen LogP contribution >= 0.6 is 0 Å². The molecule has 0 unspecified atom stereocenters. The van der Waals surface area contributed by atoms with Crippen molar-refractivity contribution in [3.8, 4) is 28.0 Å². The molecule has 0 atom stereocenters. The zero-order chi connectivity index (χ0) is 25.9. The largest absolute Gasteiger partial charge is 0.496 e. The van der Waals surface area contributed by atoms with Gasteiger partial charge in [-0.25, -0.2) is 4.98 Å². The molecule has 0 bridgehead atoms. The maximum Gasteiger partial charge on any atom is 0.253 e. The highest BCUT2D eigenvalue weighted by Gasteiger charge is 2.22. The Hall–Kier alpha value is -4.49. The van der Waals surface area contributed by atoms with Gasteiger partial charge < -0.3 is 14.6 Å². The number of pyridine rings is 2. The van der Waals surface area contributed by atoms with Gasteiger partial charge in [-0.15, -0.1) is 0 Å². The van der Waals surface area contributed by atoms with E-state index in [1.54, 1.807) is 7.11 Å². The van der Waals surface area contributed by atoms with E-state index in [4.69, 9.17) is 4.74 Å². The molecule has 1 amide bonds. The SMILES string of the molecule is COc1ccccc1-c1c[nH]c2ncc(-c3cccc(C(=O)N4CCN(Cc5ccncc5)CC4)c3)cc12. The number of H-pyrrole nitrogens is 1. The Morgan fingerprint density at radius 3 is 2.55 bits per heavy atom. The first-order valence-electron chi connectivity index (χ1n) is 12.8. The van der Waals surface area contributed by atoms with Crippen molar-refractivity contribution in [2.24, 2.45) is 0 Å². The summed E-state index contributed by atoms with van der Waals surface area (Å²) in [7, 11) is 1.68. The molecule has 3 aromatic heterocycles. The number of carbonyl (C=O) groups is 1. The Labute approximate surface area is 221 Å². The van der Waals surface area contributed by atoms with E-state index < -0.39 is 0 Å². The summed E-state index contributed by atoms with van der Waals surface area (Å²) in [4.78, 5) is 29.8. The lowest BCUT2D eigenvalue weighted by Gasteiger charge is -2.34. The van der Waals surface area contributed by atoms with E-state index in [0.717, 1.165) is 58.7 Å². The number of methoxy groups -OCH3 is 1.